The van der Waals surface area contributed by atoms with Gasteiger partial charge in [-0.3, -0.25) is 9.48 Å². The number of carbonyl (C=O) groups is 1. The van der Waals surface area contributed by atoms with Gasteiger partial charge in [0.05, 0.1) is 24.0 Å². The molecule has 0 saturated carbocycles. The molecule has 3 heterocycles. The van der Waals surface area contributed by atoms with Crippen molar-refractivity contribution in [3.63, 3.8) is 0 Å². The van der Waals surface area contributed by atoms with Crippen molar-refractivity contribution in [2.24, 2.45) is 7.05 Å². The van der Waals surface area contributed by atoms with Gasteiger partial charge in [0, 0.05) is 52.0 Å². The van der Waals surface area contributed by atoms with Crippen LogP contribution in [0.15, 0.2) is 6.20 Å². The maximum atomic E-state index is 12.9. The van der Waals surface area contributed by atoms with E-state index >= 15 is 0 Å². The fourth-order valence-corrected chi connectivity index (χ4v) is 5.23. The van der Waals surface area contributed by atoms with Crippen molar-refractivity contribution in [2.45, 2.75) is 33.0 Å². The van der Waals surface area contributed by atoms with E-state index in [0.717, 1.165) is 5.69 Å². The van der Waals surface area contributed by atoms with Gasteiger partial charge in [-0.25, -0.2) is 0 Å². The van der Waals surface area contributed by atoms with E-state index in [2.05, 4.69) is 5.10 Å². The molecule has 0 aliphatic carbocycles. The number of piperazine rings is 1. The maximum Gasteiger partial charge on any atom is 0.282 e. The van der Waals surface area contributed by atoms with E-state index in [1.54, 1.807) is 22.8 Å². The summed E-state index contributed by atoms with van der Waals surface area (Å²) in [7, 11) is -1.74. The first-order valence-electron chi connectivity index (χ1n) is 8.88. The molecule has 146 valence electrons. The van der Waals surface area contributed by atoms with Crippen molar-refractivity contribution in [3.8, 4) is 0 Å². The highest BCUT2D eigenvalue weighted by Crippen LogP contribution is 2.20. The van der Waals surface area contributed by atoms with Gasteiger partial charge in [0.15, 0.2) is 0 Å². The van der Waals surface area contributed by atoms with Crippen LogP contribution in [0.4, 0.5) is 0 Å². The summed E-state index contributed by atoms with van der Waals surface area (Å²) >= 11 is 0. The minimum atomic E-state index is -3.54. The van der Waals surface area contributed by atoms with Gasteiger partial charge in [-0.05, 0) is 20.8 Å². The Kier molecular flexibility index (Phi) is 5.38. The van der Waals surface area contributed by atoms with Crippen LogP contribution in [-0.4, -0.2) is 89.1 Å². The molecule has 0 aromatic carbocycles. The molecule has 0 unspecified atom stereocenters. The number of morpholine rings is 1. The Morgan fingerprint density at radius 3 is 2.19 bits per heavy atom. The minimum absolute atomic E-state index is 0.0961. The number of hydrogen-bond acceptors (Lipinski definition) is 5. The van der Waals surface area contributed by atoms with Crippen LogP contribution in [0.5, 0.6) is 0 Å². The fraction of sp³-hybridized carbons (Fsp3) is 0.750. The Balaban J connectivity index is 1.64. The second-order valence-electron chi connectivity index (χ2n) is 7.04. The normalized spacial score (nSPS) is 26.2. The Bertz CT molecular complexity index is 760. The molecule has 1 aromatic rings. The molecule has 1 amide bonds. The average Bonchev–Trinajstić information content (AvgIpc) is 2.93. The summed E-state index contributed by atoms with van der Waals surface area (Å²) in [6, 6.07) is 0. The highest BCUT2D eigenvalue weighted by atomic mass is 32.2. The van der Waals surface area contributed by atoms with Crippen molar-refractivity contribution in [2.75, 3.05) is 39.3 Å². The lowest BCUT2D eigenvalue weighted by Gasteiger charge is -2.40. The van der Waals surface area contributed by atoms with E-state index in [4.69, 9.17) is 4.74 Å². The third kappa shape index (κ3) is 3.64. The SMILES string of the molecule is Cc1c(C(=O)N2CCN(S(=O)(=O)N3C[C@H](C)O[C@@H](C)C3)CC2)cnn1C. The summed E-state index contributed by atoms with van der Waals surface area (Å²) in [6.07, 6.45) is 1.33. The predicted molar refractivity (Wildman–Crippen MR) is 95.9 cm³/mol. The van der Waals surface area contributed by atoms with Gasteiger partial charge in [0.25, 0.3) is 16.1 Å². The van der Waals surface area contributed by atoms with Crippen LogP contribution in [0.3, 0.4) is 0 Å². The lowest BCUT2D eigenvalue weighted by atomic mass is 10.2. The van der Waals surface area contributed by atoms with E-state index in [1.165, 1.54) is 8.61 Å². The van der Waals surface area contributed by atoms with Gasteiger partial charge < -0.3 is 9.64 Å². The molecular weight excluding hydrogens is 358 g/mol. The molecule has 10 heteroatoms. The molecule has 0 radical (unpaired) electrons. The highest BCUT2D eigenvalue weighted by Gasteiger charge is 2.37. The molecule has 0 spiro atoms. The van der Waals surface area contributed by atoms with Crippen molar-refractivity contribution < 1.29 is 17.9 Å². The molecule has 2 atom stereocenters. The van der Waals surface area contributed by atoms with Gasteiger partial charge in [-0.1, -0.05) is 0 Å². The lowest BCUT2D eigenvalue weighted by Crippen LogP contribution is -2.57. The minimum Gasteiger partial charge on any atom is -0.373 e. The number of amides is 1. The van der Waals surface area contributed by atoms with Gasteiger partial charge in [0.2, 0.25) is 0 Å². The zero-order valence-corrected chi connectivity index (χ0v) is 16.6. The lowest BCUT2D eigenvalue weighted by molar-refractivity contribution is -0.0457. The summed E-state index contributed by atoms with van der Waals surface area (Å²) in [5, 5.41) is 4.11. The maximum absolute atomic E-state index is 12.9. The quantitative estimate of drug-likeness (QED) is 0.722. The molecule has 2 aliphatic rings. The van der Waals surface area contributed by atoms with Gasteiger partial charge in [-0.15, -0.1) is 0 Å². The van der Waals surface area contributed by atoms with Crippen LogP contribution in [0, 0.1) is 6.92 Å². The van der Waals surface area contributed by atoms with E-state index in [9.17, 15) is 13.2 Å². The standard InChI is InChI=1S/C16H27N5O4S/c1-12-10-21(11-13(2)25-12)26(23,24)20-7-5-19(6-8-20)16(22)15-9-17-18(4)14(15)3/h9,12-13H,5-8,10-11H2,1-4H3/t12-,13-/m0/s1. The molecule has 26 heavy (non-hydrogen) atoms. The van der Waals surface area contributed by atoms with Crippen molar-refractivity contribution in [1.82, 2.24) is 23.3 Å². The van der Waals surface area contributed by atoms with Crippen molar-refractivity contribution in [1.29, 1.82) is 0 Å². The molecule has 0 bridgehead atoms. The van der Waals surface area contributed by atoms with E-state index in [-0.39, 0.29) is 18.1 Å². The van der Waals surface area contributed by atoms with Crippen molar-refractivity contribution in [3.05, 3.63) is 17.5 Å². The van der Waals surface area contributed by atoms with Crippen LogP contribution in [0.25, 0.3) is 0 Å². The van der Waals surface area contributed by atoms with Crippen LogP contribution in [0.2, 0.25) is 0 Å². The van der Waals surface area contributed by atoms with E-state index in [0.29, 0.717) is 44.8 Å². The highest BCUT2D eigenvalue weighted by molar-refractivity contribution is 7.86. The number of carbonyl (C=O) groups excluding carboxylic acids is 1. The first-order chi connectivity index (χ1) is 12.2. The number of nitrogens with zero attached hydrogens (tertiary/aromatic N) is 5. The summed E-state index contributed by atoms with van der Waals surface area (Å²) in [4.78, 5) is 14.4. The third-order valence-corrected chi connectivity index (χ3v) is 7.00. The fourth-order valence-electron chi connectivity index (χ4n) is 3.48. The second-order valence-corrected chi connectivity index (χ2v) is 8.97. The van der Waals surface area contributed by atoms with Gasteiger partial charge in [0.1, 0.15) is 0 Å². The Morgan fingerprint density at radius 1 is 1.12 bits per heavy atom. The zero-order valence-electron chi connectivity index (χ0n) is 15.8. The molecule has 9 nitrogen and oxygen atoms in total. The van der Waals surface area contributed by atoms with Gasteiger partial charge >= 0.3 is 0 Å². The van der Waals surface area contributed by atoms with E-state index < -0.39 is 10.2 Å². The number of hydrogen-bond donors (Lipinski definition) is 0. The van der Waals surface area contributed by atoms with Crippen LogP contribution >= 0.6 is 0 Å². The monoisotopic (exact) mass is 385 g/mol. The van der Waals surface area contributed by atoms with Crippen molar-refractivity contribution >= 4 is 16.1 Å². The smallest absolute Gasteiger partial charge is 0.282 e. The van der Waals surface area contributed by atoms with Crippen LogP contribution in [0.1, 0.15) is 29.9 Å². The molecule has 1 aromatic heterocycles. The molecule has 2 saturated heterocycles. The second kappa shape index (κ2) is 7.26. The van der Waals surface area contributed by atoms with E-state index in [1.807, 2.05) is 20.8 Å². The predicted octanol–water partition coefficient (Wildman–Crippen LogP) is -0.160. The third-order valence-electron chi connectivity index (χ3n) is 5.03. The van der Waals surface area contributed by atoms with Crippen LogP contribution in [-0.2, 0) is 22.0 Å². The Labute approximate surface area is 154 Å². The summed E-state index contributed by atoms with van der Waals surface area (Å²) in [5.74, 6) is -0.0961. The molecule has 3 rings (SSSR count). The molecule has 2 aliphatic heterocycles. The first-order valence-corrected chi connectivity index (χ1v) is 10.3. The van der Waals surface area contributed by atoms with Gasteiger partial charge in [-0.2, -0.15) is 22.1 Å². The number of ether oxygens (including phenoxy) is 1. The molecular formula is C16H27N5O4S. The topological polar surface area (TPSA) is 88.0 Å². The summed E-state index contributed by atoms with van der Waals surface area (Å²) in [5.41, 5.74) is 1.38. The van der Waals surface area contributed by atoms with Crippen LogP contribution < -0.4 is 0 Å². The summed E-state index contributed by atoms with van der Waals surface area (Å²) < 4.78 is 36.1. The molecule has 2 fully saturated rings. The Hall–Kier alpha value is -1.49. The Morgan fingerprint density at radius 2 is 1.69 bits per heavy atom. The summed E-state index contributed by atoms with van der Waals surface area (Å²) in [6.45, 7) is 7.68. The number of rotatable bonds is 3. The number of aryl methyl sites for hydroxylation is 1. The zero-order chi connectivity index (χ0) is 19.1. The largest absolute Gasteiger partial charge is 0.373 e. The number of aromatic nitrogens is 2. The molecule has 0 N–H and O–H groups in total. The average molecular weight is 385 g/mol. The first kappa shape index (κ1) is 19.3.